The van der Waals surface area contributed by atoms with Crippen molar-refractivity contribution < 1.29 is 42.9 Å². The highest BCUT2D eigenvalue weighted by molar-refractivity contribution is 7.99. The van der Waals surface area contributed by atoms with Crippen molar-refractivity contribution >= 4 is 35.6 Å². The lowest BCUT2D eigenvalue weighted by atomic mass is 10.1. The van der Waals surface area contributed by atoms with Crippen molar-refractivity contribution in [2.24, 2.45) is 0 Å². The van der Waals surface area contributed by atoms with Gasteiger partial charge in [-0.2, -0.15) is 0 Å². The fourth-order valence-electron chi connectivity index (χ4n) is 5.26. The van der Waals surface area contributed by atoms with E-state index in [2.05, 4.69) is 0 Å². The lowest BCUT2D eigenvalue weighted by molar-refractivity contribution is -0.0899. The molecule has 2 unspecified atom stereocenters. The van der Waals surface area contributed by atoms with Gasteiger partial charge in [-0.05, 0) is 60.7 Å². The zero-order valence-electron chi connectivity index (χ0n) is 26.6. The molecule has 10 heteroatoms. The van der Waals surface area contributed by atoms with E-state index in [1.807, 2.05) is 30.3 Å². The van der Waals surface area contributed by atoms with E-state index in [1.54, 1.807) is 121 Å². The third-order valence-corrected chi connectivity index (χ3v) is 8.89. The molecule has 252 valence electrons. The van der Waals surface area contributed by atoms with Crippen LogP contribution in [0.3, 0.4) is 0 Å². The molecule has 1 aliphatic rings. The monoisotopic (exact) mass is 688 g/mol. The Hall–Kier alpha value is -5.71. The number of thioether (sulfide) groups is 1. The van der Waals surface area contributed by atoms with Gasteiger partial charge in [0.15, 0.2) is 18.3 Å². The number of benzene rings is 5. The highest BCUT2D eigenvalue weighted by Crippen LogP contribution is 2.40. The smallest absolute Gasteiger partial charge is 0.338 e. The van der Waals surface area contributed by atoms with Crippen LogP contribution in [0.15, 0.2) is 157 Å². The summed E-state index contributed by atoms with van der Waals surface area (Å²) in [5.41, 5.74) is 0.104. The molecule has 0 aliphatic carbocycles. The Morgan fingerprint density at radius 1 is 0.520 bits per heavy atom. The molecule has 0 spiro atoms. The molecule has 0 N–H and O–H groups in total. The molecule has 0 aromatic heterocycles. The van der Waals surface area contributed by atoms with E-state index in [0.717, 1.165) is 4.90 Å². The van der Waals surface area contributed by atoms with E-state index in [-0.39, 0.29) is 22.3 Å². The molecule has 1 saturated heterocycles. The van der Waals surface area contributed by atoms with Crippen LogP contribution in [-0.4, -0.2) is 60.3 Å². The lowest BCUT2D eigenvalue weighted by Crippen LogP contribution is -2.47. The fourth-order valence-corrected chi connectivity index (χ4v) is 6.37. The molecule has 1 aliphatic heterocycles. The average molecular weight is 689 g/mol. The summed E-state index contributed by atoms with van der Waals surface area (Å²) in [7, 11) is 0. The van der Waals surface area contributed by atoms with Crippen LogP contribution < -0.4 is 0 Å². The third-order valence-electron chi connectivity index (χ3n) is 7.73. The summed E-state index contributed by atoms with van der Waals surface area (Å²) in [6.45, 7) is -0.460. The molecule has 50 heavy (non-hydrogen) atoms. The van der Waals surface area contributed by atoms with Crippen LogP contribution in [0, 0.1) is 0 Å². The van der Waals surface area contributed by atoms with Crippen molar-refractivity contribution in [1.29, 1.82) is 0 Å². The maximum atomic E-state index is 13.6. The van der Waals surface area contributed by atoms with Crippen molar-refractivity contribution in [3.63, 3.8) is 0 Å². The number of hydrogen-bond donors (Lipinski definition) is 0. The molecule has 1 fully saturated rings. The van der Waals surface area contributed by atoms with E-state index in [9.17, 15) is 19.2 Å². The molecular weight excluding hydrogens is 656 g/mol. The van der Waals surface area contributed by atoms with Crippen LogP contribution in [-0.2, 0) is 23.7 Å². The number of esters is 4. The summed E-state index contributed by atoms with van der Waals surface area (Å²) in [4.78, 5) is 54.5. The molecule has 9 nitrogen and oxygen atoms in total. The van der Waals surface area contributed by atoms with E-state index >= 15 is 0 Å². The van der Waals surface area contributed by atoms with E-state index in [4.69, 9.17) is 23.7 Å². The minimum atomic E-state index is -1.31. The first-order chi connectivity index (χ1) is 24.5. The summed E-state index contributed by atoms with van der Waals surface area (Å²) in [6.07, 6.45) is -5.04. The van der Waals surface area contributed by atoms with Gasteiger partial charge in [0.1, 0.15) is 18.1 Å². The second-order valence-corrected chi connectivity index (χ2v) is 12.3. The largest absolute Gasteiger partial charge is 0.458 e. The maximum absolute atomic E-state index is 13.6. The van der Waals surface area contributed by atoms with Gasteiger partial charge < -0.3 is 23.7 Å². The Kier molecular flexibility index (Phi) is 11.3. The zero-order valence-corrected chi connectivity index (χ0v) is 27.4. The minimum Gasteiger partial charge on any atom is -0.458 e. The van der Waals surface area contributed by atoms with E-state index in [1.165, 1.54) is 11.8 Å². The van der Waals surface area contributed by atoms with E-state index in [0.29, 0.717) is 0 Å². The normalized spacial score (nSPS) is 18.7. The third kappa shape index (κ3) is 8.65. The van der Waals surface area contributed by atoms with Gasteiger partial charge in [-0.15, -0.1) is 0 Å². The first-order valence-electron chi connectivity index (χ1n) is 15.8. The van der Waals surface area contributed by atoms with Crippen LogP contribution >= 0.6 is 11.8 Å². The summed E-state index contributed by atoms with van der Waals surface area (Å²) in [5.74, 6) is -2.78. The fraction of sp³-hybridized carbons (Fsp3) is 0.150. The van der Waals surface area contributed by atoms with Crippen molar-refractivity contribution in [3.05, 3.63) is 174 Å². The molecule has 5 aromatic carbocycles. The molecule has 0 radical (unpaired) electrons. The van der Waals surface area contributed by atoms with Gasteiger partial charge in [-0.1, -0.05) is 103 Å². The number of hydrogen-bond acceptors (Lipinski definition) is 10. The highest BCUT2D eigenvalue weighted by atomic mass is 32.2. The van der Waals surface area contributed by atoms with Gasteiger partial charge in [-0.3, -0.25) is 0 Å². The van der Waals surface area contributed by atoms with Crippen LogP contribution in [0.5, 0.6) is 0 Å². The molecule has 5 aromatic rings. The average Bonchev–Trinajstić information content (AvgIpc) is 3.49. The Labute approximate surface area is 293 Å². The first kappa shape index (κ1) is 34.2. The Bertz CT molecular complexity index is 1870. The minimum absolute atomic E-state index is 0.241. The molecule has 0 saturated carbocycles. The van der Waals surface area contributed by atoms with Gasteiger partial charge in [0.25, 0.3) is 0 Å². The topological polar surface area (TPSA) is 114 Å². The highest BCUT2D eigenvalue weighted by Gasteiger charge is 2.54. The van der Waals surface area contributed by atoms with E-state index < -0.39 is 60.3 Å². The second-order valence-electron chi connectivity index (χ2n) is 11.1. The Morgan fingerprint density at radius 3 is 1.40 bits per heavy atom. The van der Waals surface area contributed by atoms with Crippen LogP contribution in [0.2, 0.25) is 0 Å². The summed E-state index contributed by atoms with van der Waals surface area (Å²) < 4.78 is 30.4. The van der Waals surface area contributed by atoms with Gasteiger partial charge >= 0.3 is 23.9 Å². The lowest BCUT2D eigenvalue weighted by Gasteiger charge is -2.28. The standard InChI is InChI=1S/C40H32O9S/c41-36(27-16-6-1-7-17-27)45-26-32(46-37(42)28-18-8-2-9-19-28)33-34(47-38(43)29-20-10-3-11-21-29)35(48-39(44)30-22-12-4-13-23-30)40(49-33)50-31-24-14-5-15-25-31/h1-25,32-35,40H,26H2/t32-,33+,34?,35?,40+/m1/s1. The Balaban J connectivity index is 1.38. The van der Waals surface area contributed by atoms with Crippen molar-refractivity contribution in [2.75, 3.05) is 6.61 Å². The molecule has 0 bridgehead atoms. The van der Waals surface area contributed by atoms with Crippen LogP contribution in [0.4, 0.5) is 0 Å². The number of rotatable bonds is 12. The summed E-state index contributed by atoms with van der Waals surface area (Å²) in [5, 5.41) is 0. The number of ether oxygens (including phenoxy) is 5. The predicted molar refractivity (Wildman–Crippen MR) is 185 cm³/mol. The van der Waals surface area contributed by atoms with Gasteiger partial charge in [0, 0.05) is 4.90 Å². The van der Waals surface area contributed by atoms with Gasteiger partial charge in [-0.25, -0.2) is 19.2 Å². The second kappa shape index (κ2) is 16.6. The van der Waals surface area contributed by atoms with Gasteiger partial charge in [0.05, 0.1) is 22.3 Å². The first-order valence-corrected chi connectivity index (χ1v) is 16.7. The number of carbonyl (C=O) groups is 4. The Morgan fingerprint density at radius 2 is 0.920 bits per heavy atom. The predicted octanol–water partition coefficient (Wildman–Crippen LogP) is 7.04. The molecule has 6 rings (SSSR count). The SMILES string of the molecule is O=C(OC[C@@H](OC(=O)c1ccccc1)[C@@H]1O[C@@H](Sc2ccccc2)C(OC(=O)c2ccccc2)C1OC(=O)c1ccccc1)c1ccccc1. The van der Waals surface area contributed by atoms with Gasteiger partial charge in [0.2, 0.25) is 0 Å². The number of carbonyl (C=O) groups excluding carboxylic acids is 4. The van der Waals surface area contributed by atoms with Crippen LogP contribution in [0.25, 0.3) is 0 Å². The summed E-state index contributed by atoms with van der Waals surface area (Å²) in [6, 6.07) is 42.6. The zero-order chi connectivity index (χ0) is 34.7. The molecule has 0 amide bonds. The quantitative estimate of drug-likeness (QED) is 0.0999. The molecule has 1 heterocycles. The van der Waals surface area contributed by atoms with Crippen molar-refractivity contribution in [2.45, 2.75) is 34.7 Å². The van der Waals surface area contributed by atoms with Crippen molar-refractivity contribution in [3.8, 4) is 0 Å². The summed E-state index contributed by atoms with van der Waals surface area (Å²) >= 11 is 1.24. The maximum Gasteiger partial charge on any atom is 0.338 e. The van der Waals surface area contributed by atoms with Crippen molar-refractivity contribution in [1.82, 2.24) is 0 Å². The van der Waals surface area contributed by atoms with Crippen LogP contribution in [0.1, 0.15) is 41.4 Å². The molecular formula is C40H32O9S. The molecule has 5 atom stereocenters.